The van der Waals surface area contributed by atoms with Crippen LogP contribution in [0.15, 0.2) is 60.8 Å². The SMILES string of the molecule is Cc1cc(C2CCN(C(=O)C3CC3)CC2)ccc1OC1CCc2cccc(-c3cccc(-n4ncc(C=O)c4C(F)(F)F)n3)c21. The number of hydrogen-bond donors (Lipinski definition) is 0. The Morgan fingerprint density at radius 2 is 1.78 bits per heavy atom. The highest BCUT2D eigenvalue weighted by molar-refractivity contribution is 5.81. The topological polar surface area (TPSA) is 77.3 Å². The van der Waals surface area contributed by atoms with Gasteiger partial charge < -0.3 is 9.64 Å². The van der Waals surface area contributed by atoms with Crippen molar-refractivity contribution < 1.29 is 27.5 Å². The number of benzene rings is 2. The Morgan fingerprint density at radius 1 is 1.00 bits per heavy atom. The van der Waals surface area contributed by atoms with Crippen LogP contribution in [0.5, 0.6) is 5.75 Å². The standard InChI is InChI=1S/C35H33F3N4O3/c1-21-18-25(22-14-16-41(17-15-22)34(44)24-8-9-24)11-12-29(21)45-30-13-10-23-4-2-5-27(32(23)30)28-6-3-7-31(40-28)42-33(35(36,37)38)26(20-43)19-39-42/h2-7,11-12,18-20,22,24,30H,8-10,13-17H2,1H3. The van der Waals surface area contributed by atoms with Crippen molar-refractivity contribution >= 4 is 12.2 Å². The Labute approximate surface area is 259 Å². The van der Waals surface area contributed by atoms with Crippen LogP contribution in [0.3, 0.4) is 0 Å². The molecule has 2 fully saturated rings. The van der Waals surface area contributed by atoms with Gasteiger partial charge in [-0.1, -0.05) is 36.4 Å². The van der Waals surface area contributed by atoms with E-state index >= 15 is 0 Å². The molecule has 1 amide bonds. The summed E-state index contributed by atoms with van der Waals surface area (Å²) >= 11 is 0. The van der Waals surface area contributed by atoms with Crippen LogP contribution in [-0.2, 0) is 17.4 Å². The van der Waals surface area contributed by atoms with Crippen molar-refractivity contribution in [1.29, 1.82) is 0 Å². The average molecular weight is 615 g/mol. The second-order valence-corrected chi connectivity index (χ2v) is 12.3. The molecule has 3 heterocycles. The van der Waals surface area contributed by atoms with E-state index in [-0.39, 0.29) is 24.1 Å². The van der Waals surface area contributed by atoms with Gasteiger partial charge in [0.1, 0.15) is 11.9 Å². The molecule has 1 saturated heterocycles. The number of alkyl halides is 3. The number of ether oxygens (including phenoxy) is 1. The van der Waals surface area contributed by atoms with Gasteiger partial charge in [-0.2, -0.15) is 18.3 Å². The molecule has 0 spiro atoms. The summed E-state index contributed by atoms with van der Waals surface area (Å²) in [6, 6.07) is 17.1. The summed E-state index contributed by atoms with van der Waals surface area (Å²) in [4.78, 5) is 30.4. The molecule has 2 aromatic heterocycles. The molecule has 7 nitrogen and oxygen atoms in total. The Hall–Kier alpha value is -4.47. The lowest BCUT2D eigenvalue weighted by Gasteiger charge is -2.32. The lowest BCUT2D eigenvalue weighted by molar-refractivity contribution is -0.143. The Balaban J connectivity index is 1.12. The predicted molar refractivity (Wildman–Crippen MR) is 161 cm³/mol. The van der Waals surface area contributed by atoms with Gasteiger partial charge in [-0.15, -0.1) is 0 Å². The van der Waals surface area contributed by atoms with E-state index in [0.717, 1.165) is 85.8 Å². The number of aryl methyl sites for hydroxylation is 2. The zero-order chi connectivity index (χ0) is 31.3. The fourth-order valence-corrected chi connectivity index (χ4v) is 6.81. The van der Waals surface area contributed by atoms with Crippen LogP contribution in [0.25, 0.3) is 17.1 Å². The van der Waals surface area contributed by atoms with E-state index in [1.807, 2.05) is 36.1 Å². The van der Waals surface area contributed by atoms with Crippen molar-refractivity contribution in [3.8, 4) is 22.8 Å². The van der Waals surface area contributed by atoms with Crippen molar-refractivity contribution in [3.63, 3.8) is 0 Å². The molecule has 1 atom stereocenters. The Kier molecular flexibility index (Phi) is 7.46. The number of aromatic nitrogens is 3. The number of aldehydes is 1. The van der Waals surface area contributed by atoms with E-state index in [2.05, 4.69) is 22.2 Å². The van der Waals surface area contributed by atoms with E-state index < -0.39 is 17.4 Å². The summed E-state index contributed by atoms with van der Waals surface area (Å²) in [5.41, 5.74) is 3.98. The summed E-state index contributed by atoms with van der Waals surface area (Å²) in [6.07, 6.45) is 1.59. The molecule has 4 aromatic rings. The maximum Gasteiger partial charge on any atom is 0.434 e. The number of pyridine rings is 1. The first kappa shape index (κ1) is 29.3. The largest absolute Gasteiger partial charge is 0.485 e. The minimum absolute atomic E-state index is 0.0323. The second kappa shape index (κ2) is 11.5. The number of halogens is 3. The molecular formula is C35H33F3N4O3. The van der Waals surface area contributed by atoms with Gasteiger partial charge >= 0.3 is 6.18 Å². The van der Waals surface area contributed by atoms with E-state index in [1.54, 1.807) is 12.1 Å². The molecule has 0 bridgehead atoms. The highest BCUT2D eigenvalue weighted by Crippen LogP contribution is 2.42. The van der Waals surface area contributed by atoms with Crippen LogP contribution >= 0.6 is 0 Å². The molecule has 0 radical (unpaired) electrons. The number of piperidine rings is 1. The average Bonchev–Trinajstić information content (AvgIpc) is 3.66. The number of rotatable bonds is 7. The maximum absolute atomic E-state index is 13.8. The highest BCUT2D eigenvalue weighted by atomic mass is 19.4. The number of carbonyl (C=O) groups excluding carboxylic acids is 2. The third-order valence-corrected chi connectivity index (χ3v) is 9.29. The van der Waals surface area contributed by atoms with Gasteiger partial charge in [0.25, 0.3) is 0 Å². The molecule has 45 heavy (non-hydrogen) atoms. The van der Waals surface area contributed by atoms with Crippen LogP contribution in [0, 0.1) is 12.8 Å². The molecule has 10 heteroatoms. The predicted octanol–water partition coefficient (Wildman–Crippen LogP) is 7.26. The lowest BCUT2D eigenvalue weighted by atomic mass is 9.88. The third-order valence-electron chi connectivity index (χ3n) is 9.29. The number of carbonyl (C=O) groups is 2. The number of fused-ring (bicyclic) bond motifs is 1. The molecule has 7 rings (SSSR count). The molecule has 1 aliphatic heterocycles. The maximum atomic E-state index is 13.8. The monoisotopic (exact) mass is 614 g/mol. The van der Waals surface area contributed by atoms with Crippen LogP contribution in [0.4, 0.5) is 13.2 Å². The van der Waals surface area contributed by atoms with E-state index in [9.17, 15) is 22.8 Å². The first-order chi connectivity index (χ1) is 21.7. The summed E-state index contributed by atoms with van der Waals surface area (Å²) in [5, 5.41) is 3.83. The Morgan fingerprint density at radius 3 is 2.49 bits per heavy atom. The second-order valence-electron chi connectivity index (χ2n) is 12.3. The van der Waals surface area contributed by atoms with Crippen LogP contribution in [0.2, 0.25) is 0 Å². The van der Waals surface area contributed by atoms with Gasteiger partial charge in [0.05, 0.1) is 17.5 Å². The molecular weight excluding hydrogens is 581 g/mol. The number of hydrogen-bond acceptors (Lipinski definition) is 5. The number of likely N-dealkylation sites (tertiary alicyclic amines) is 1. The quantitative estimate of drug-likeness (QED) is 0.205. The molecule has 2 aromatic carbocycles. The van der Waals surface area contributed by atoms with Gasteiger partial charge in [-0.05, 0) is 86.3 Å². The smallest absolute Gasteiger partial charge is 0.434 e. The van der Waals surface area contributed by atoms with Gasteiger partial charge in [0.2, 0.25) is 5.91 Å². The number of amides is 1. The Bertz CT molecular complexity index is 1770. The van der Waals surface area contributed by atoms with Crippen molar-refractivity contribution in [2.24, 2.45) is 5.92 Å². The fourth-order valence-electron chi connectivity index (χ4n) is 6.81. The minimum atomic E-state index is -4.78. The first-order valence-corrected chi connectivity index (χ1v) is 15.5. The molecule has 232 valence electrons. The van der Waals surface area contributed by atoms with E-state index in [0.29, 0.717) is 22.2 Å². The zero-order valence-corrected chi connectivity index (χ0v) is 24.9. The van der Waals surface area contributed by atoms with Crippen LogP contribution in [-0.4, -0.2) is 44.9 Å². The van der Waals surface area contributed by atoms with Crippen molar-refractivity contribution in [2.75, 3.05) is 13.1 Å². The van der Waals surface area contributed by atoms with Crippen LogP contribution < -0.4 is 4.74 Å². The molecule has 0 N–H and O–H groups in total. The van der Waals surface area contributed by atoms with E-state index in [4.69, 9.17) is 4.74 Å². The zero-order valence-electron chi connectivity index (χ0n) is 24.9. The normalized spacial score (nSPS) is 18.6. The van der Waals surface area contributed by atoms with Gasteiger partial charge in [0, 0.05) is 30.1 Å². The lowest BCUT2D eigenvalue weighted by Crippen LogP contribution is -2.38. The van der Waals surface area contributed by atoms with Gasteiger partial charge in [0.15, 0.2) is 17.8 Å². The summed E-state index contributed by atoms with van der Waals surface area (Å²) < 4.78 is 48.8. The molecule has 2 aliphatic carbocycles. The van der Waals surface area contributed by atoms with Gasteiger partial charge in [-0.25, -0.2) is 9.67 Å². The van der Waals surface area contributed by atoms with Crippen LogP contribution in [0.1, 0.15) is 82.4 Å². The molecule has 1 saturated carbocycles. The number of nitrogens with zero attached hydrogens (tertiary/aromatic N) is 4. The van der Waals surface area contributed by atoms with Crippen molar-refractivity contribution in [3.05, 3.63) is 94.3 Å². The van der Waals surface area contributed by atoms with E-state index in [1.165, 1.54) is 11.6 Å². The minimum Gasteiger partial charge on any atom is -0.485 e. The molecule has 3 aliphatic rings. The molecule has 1 unspecified atom stereocenters. The third kappa shape index (κ3) is 5.62. The first-order valence-electron chi connectivity index (χ1n) is 15.5. The summed E-state index contributed by atoms with van der Waals surface area (Å²) in [6.45, 7) is 3.67. The van der Waals surface area contributed by atoms with Gasteiger partial charge in [-0.3, -0.25) is 9.59 Å². The van der Waals surface area contributed by atoms with Crippen molar-refractivity contribution in [2.45, 2.75) is 63.6 Å². The summed E-state index contributed by atoms with van der Waals surface area (Å²) in [7, 11) is 0. The highest BCUT2D eigenvalue weighted by Gasteiger charge is 2.39. The fraction of sp³-hybridized carbons (Fsp3) is 0.371. The summed E-state index contributed by atoms with van der Waals surface area (Å²) in [5.74, 6) is 1.76. The van der Waals surface area contributed by atoms with Crippen molar-refractivity contribution in [1.82, 2.24) is 19.7 Å².